The smallest absolute Gasteiger partial charge is 0.264 e. The molecule has 0 saturated carbocycles. The molecule has 0 aliphatic heterocycles. The molecule has 1 rings (SSSR count). The summed E-state index contributed by atoms with van der Waals surface area (Å²) in [4.78, 5) is 0. The SMILES string of the molecule is CCCCCCCCCCCCCCCCCCOc1cc(CC)cc(COS(C)(=O)=O)c1. The number of ether oxygens (including phenoxy) is 1. The first kappa shape index (κ1) is 30.0. The Hall–Kier alpha value is -1.07. The molecule has 0 N–H and O–H groups in total. The standard InChI is InChI=1S/C28H50O4S/c1-4-6-7-8-9-10-11-12-13-14-15-16-17-18-19-20-21-31-28-23-26(5-2)22-27(24-28)25-32-33(3,29)30/h22-24H,4-21,25H2,1-3H3. The number of hydrogen-bond acceptors (Lipinski definition) is 4. The zero-order valence-electron chi connectivity index (χ0n) is 21.7. The number of aryl methyl sites for hydroxylation is 1. The van der Waals surface area contributed by atoms with Gasteiger partial charge in [-0.2, -0.15) is 8.42 Å². The minimum Gasteiger partial charge on any atom is -0.494 e. The van der Waals surface area contributed by atoms with Crippen LogP contribution in [0.25, 0.3) is 0 Å². The minimum atomic E-state index is -3.44. The molecule has 1 aromatic rings. The monoisotopic (exact) mass is 482 g/mol. The third kappa shape index (κ3) is 18.0. The maximum Gasteiger partial charge on any atom is 0.264 e. The van der Waals surface area contributed by atoms with Crippen molar-refractivity contribution in [1.29, 1.82) is 0 Å². The molecule has 0 bridgehead atoms. The quantitative estimate of drug-likeness (QED) is 0.123. The van der Waals surface area contributed by atoms with E-state index in [1.165, 1.54) is 96.3 Å². The lowest BCUT2D eigenvalue weighted by atomic mass is 10.0. The molecule has 0 amide bonds. The van der Waals surface area contributed by atoms with Gasteiger partial charge >= 0.3 is 0 Å². The van der Waals surface area contributed by atoms with Gasteiger partial charge < -0.3 is 4.74 Å². The van der Waals surface area contributed by atoms with Crippen molar-refractivity contribution in [2.24, 2.45) is 0 Å². The lowest BCUT2D eigenvalue weighted by Gasteiger charge is -2.11. The van der Waals surface area contributed by atoms with Gasteiger partial charge in [-0.25, -0.2) is 0 Å². The Morgan fingerprint density at radius 2 is 1.09 bits per heavy atom. The van der Waals surface area contributed by atoms with Crippen LogP contribution in [0.15, 0.2) is 18.2 Å². The fraction of sp³-hybridized carbons (Fsp3) is 0.786. The highest BCUT2D eigenvalue weighted by atomic mass is 32.2. The zero-order valence-corrected chi connectivity index (χ0v) is 22.5. The highest BCUT2D eigenvalue weighted by Gasteiger charge is 2.06. The van der Waals surface area contributed by atoms with E-state index in [1.807, 2.05) is 18.2 Å². The van der Waals surface area contributed by atoms with Crippen molar-refractivity contribution in [1.82, 2.24) is 0 Å². The van der Waals surface area contributed by atoms with Crippen LogP contribution in [0.4, 0.5) is 0 Å². The van der Waals surface area contributed by atoms with Crippen LogP contribution in [0, 0.1) is 0 Å². The predicted octanol–water partition coefficient (Wildman–Crippen LogP) is 8.37. The van der Waals surface area contributed by atoms with Crippen molar-refractivity contribution >= 4 is 10.1 Å². The van der Waals surface area contributed by atoms with Crippen LogP contribution in [0.1, 0.15) is 128 Å². The van der Waals surface area contributed by atoms with E-state index in [9.17, 15) is 8.42 Å². The van der Waals surface area contributed by atoms with Crippen LogP contribution in [0.2, 0.25) is 0 Å². The molecular weight excluding hydrogens is 432 g/mol. The predicted molar refractivity (Wildman–Crippen MR) is 140 cm³/mol. The van der Waals surface area contributed by atoms with Gasteiger partial charge in [0.05, 0.1) is 19.5 Å². The van der Waals surface area contributed by atoms with Crippen molar-refractivity contribution in [3.8, 4) is 5.75 Å². The molecule has 0 aliphatic rings. The summed E-state index contributed by atoms with van der Waals surface area (Å²) in [6.45, 7) is 5.12. The molecule has 0 atom stereocenters. The molecule has 5 heteroatoms. The topological polar surface area (TPSA) is 52.6 Å². The van der Waals surface area contributed by atoms with Crippen molar-refractivity contribution < 1.29 is 17.3 Å². The second-order valence-electron chi connectivity index (χ2n) is 9.46. The zero-order chi connectivity index (χ0) is 24.2. The molecule has 33 heavy (non-hydrogen) atoms. The molecule has 0 unspecified atom stereocenters. The van der Waals surface area contributed by atoms with Gasteiger partial charge in [0.15, 0.2) is 0 Å². The maximum atomic E-state index is 11.2. The summed E-state index contributed by atoms with van der Waals surface area (Å²) in [7, 11) is -3.44. The third-order valence-corrected chi connectivity index (χ3v) is 6.69. The Morgan fingerprint density at radius 1 is 0.636 bits per heavy atom. The van der Waals surface area contributed by atoms with Gasteiger partial charge in [0.2, 0.25) is 0 Å². The van der Waals surface area contributed by atoms with Crippen LogP contribution in [-0.4, -0.2) is 21.3 Å². The average Bonchev–Trinajstić information content (AvgIpc) is 2.79. The Kier molecular flexibility index (Phi) is 17.5. The van der Waals surface area contributed by atoms with Crippen LogP contribution >= 0.6 is 0 Å². The van der Waals surface area contributed by atoms with Crippen molar-refractivity contribution in [2.75, 3.05) is 12.9 Å². The van der Waals surface area contributed by atoms with E-state index in [-0.39, 0.29) is 6.61 Å². The van der Waals surface area contributed by atoms with Gasteiger partial charge in [0, 0.05) is 0 Å². The highest BCUT2D eigenvalue weighted by molar-refractivity contribution is 7.85. The Bertz CT molecular complexity index is 700. The number of unbranched alkanes of at least 4 members (excludes halogenated alkanes) is 15. The van der Waals surface area contributed by atoms with E-state index in [0.717, 1.165) is 36.0 Å². The number of rotatable bonds is 22. The van der Waals surface area contributed by atoms with E-state index in [1.54, 1.807) is 0 Å². The second kappa shape index (κ2) is 19.3. The largest absolute Gasteiger partial charge is 0.494 e. The van der Waals surface area contributed by atoms with Gasteiger partial charge in [-0.1, -0.05) is 116 Å². The van der Waals surface area contributed by atoms with E-state index in [2.05, 4.69) is 13.8 Å². The van der Waals surface area contributed by atoms with Crippen molar-refractivity contribution in [3.63, 3.8) is 0 Å². The van der Waals surface area contributed by atoms with Crippen LogP contribution < -0.4 is 4.74 Å². The molecule has 0 aliphatic carbocycles. The molecule has 0 saturated heterocycles. The fourth-order valence-corrected chi connectivity index (χ4v) is 4.46. The van der Waals surface area contributed by atoms with Crippen molar-refractivity contribution in [2.45, 2.75) is 130 Å². The molecular formula is C28H50O4S. The highest BCUT2D eigenvalue weighted by Crippen LogP contribution is 2.20. The number of benzene rings is 1. The molecule has 1 aromatic carbocycles. The third-order valence-electron chi connectivity index (χ3n) is 6.14. The Morgan fingerprint density at radius 3 is 1.55 bits per heavy atom. The summed E-state index contributed by atoms with van der Waals surface area (Å²) in [5, 5.41) is 0. The second-order valence-corrected chi connectivity index (χ2v) is 11.1. The summed E-state index contributed by atoms with van der Waals surface area (Å²) < 4.78 is 33.3. The average molecular weight is 483 g/mol. The van der Waals surface area contributed by atoms with Gasteiger partial charge in [0.1, 0.15) is 5.75 Å². The Labute approximate surface area is 205 Å². The number of hydrogen-bond donors (Lipinski definition) is 0. The fourth-order valence-electron chi connectivity index (χ4n) is 4.11. The summed E-state index contributed by atoms with van der Waals surface area (Å²) in [6.07, 6.45) is 23.7. The van der Waals surface area contributed by atoms with E-state index < -0.39 is 10.1 Å². The van der Waals surface area contributed by atoms with E-state index in [0.29, 0.717) is 6.61 Å². The first-order valence-corrected chi connectivity index (χ1v) is 15.4. The molecule has 4 nitrogen and oxygen atoms in total. The van der Waals surface area contributed by atoms with Gasteiger partial charge in [-0.05, 0) is 36.1 Å². The molecule has 0 spiro atoms. The Balaban J connectivity index is 2.01. The van der Waals surface area contributed by atoms with E-state index in [4.69, 9.17) is 8.92 Å². The van der Waals surface area contributed by atoms with Gasteiger partial charge in [0.25, 0.3) is 10.1 Å². The minimum absolute atomic E-state index is 0.0576. The molecule has 192 valence electrons. The van der Waals surface area contributed by atoms with Crippen molar-refractivity contribution in [3.05, 3.63) is 29.3 Å². The normalized spacial score (nSPS) is 11.7. The van der Waals surface area contributed by atoms with Crippen LogP contribution in [0.5, 0.6) is 5.75 Å². The van der Waals surface area contributed by atoms with Gasteiger partial charge in [-0.15, -0.1) is 0 Å². The van der Waals surface area contributed by atoms with Gasteiger partial charge in [-0.3, -0.25) is 4.18 Å². The first-order chi connectivity index (χ1) is 15.9. The molecule has 0 heterocycles. The molecule has 0 fully saturated rings. The summed E-state index contributed by atoms with van der Waals surface area (Å²) in [5.41, 5.74) is 1.97. The maximum absolute atomic E-state index is 11.2. The summed E-state index contributed by atoms with van der Waals surface area (Å²) >= 11 is 0. The van der Waals surface area contributed by atoms with Crippen LogP contribution in [-0.2, 0) is 27.3 Å². The first-order valence-electron chi connectivity index (χ1n) is 13.5. The summed E-state index contributed by atoms with van der Waals surface area (Å²) in [6, 6.07) is 5.90. The van der Waals surface area contributed by atoms with E-state index >= 15 is 0 Å². The van der Waals surface area contributed by atoms with Crippen LogP contribution in [0.3, 0.4) is 0 Å². The molecule has 0 aromatic heterocycles. The lowest BCUT2D eigenvalue weighted by Crippen LogP contribution is -2.04. The lowest BCUT2D eigenvalue weighted by molar-refractivity contribution is 0.297. The molecule has 0 radical (unpaired) electrons. The summed E-state index contributed by atoms with van der Waals surface area (Å²) in [5.74, 6) is 0.808.